The second-order valence-electron chi connectivity index (χ2n) is 24.5. The fraction of sp³-hybridized carbons (Fsp3) is 0.0659. The van der Waals surface area contributed by atoms with E-state index in [0.717, 1.165) is 80.4 Å². The zero-order valence-electron chi connectivity index (χ0n) is 57.0. The summed E-state index contributed by atoms with van der Waals surface area (Å²) >= 11 is 12.7. The van der Waals surface area contributed by atoms with E-state index in [-0.39, 0.29) is 0 Å². The Morgan fingerprint density at radius 2 is 0.743 bits per heavy atom. The molecule has 0 aliphatic carbocycles. The van der Waals surface area contributed by atoms with Gasteiger partial charge in [-0.15, -0.1) is 0 Å². The number of halogens is 2. The molecule has 0 saturated carbocycles. The Hall–Kier alpha value is -12.1. The van der Waals surface area contributed by atoms with Gasteiger partial charge in [-0.2, -0.15) is 15.3 Å². The Kier molecular flexibility index (Phi) is 23.5. The molecule has 0 fully saturated rings. The van der Waals surface area contributed by atoms with Crippen molar-refractivity contribution in [3.63, 3.8) is 0 Å². The van der Waals surface area contributed by atoms with Crippen LogP contribution in [0.15, 0.2) is 373 Å². The molecule has 0 heterocycles. The Labute approximate surface area is 604 Å². The lowest BCUT2D eigenvalue weighted by molar-refractivity contribution is 0.800. The van der Waals surface area contributed by atoms with Crippen LogP contribution in [-0.4, -0.2) is 32.7 Å². The van der Waals surface area contributed by atoms with Gasteiger partial charge in [-0.1, -0.05) is 283 Å². The summed E-state index contributed by atoms with van der Waals surface area (Å²) in [4.78, 5) is 4.43. The molecule has 101 heavy (non-hydrogen) atoms. The van der Waals surface area contributed by atoms with Crippen molar-refractivity contribution in [2.45, 2.75) is 26.9 Å². The van der Waals surface area contributed by atoms with Gasteiger partial charge in [0.05, 0.1) is 51.6 Å². The van der Waals surface area contributed by atoms with Gasteiger partial charge >= 0.3 is 0 Å². The van der Waals surface area contributed by atoms with Crippen molar-refractivity contribution in [1.29, 1.82) is 0 Å². The van der Waals surface area contributed by atoms with Crippen LogP contribution < -0.4 is 24.8 Å². The molecular weight excluding hydrogens is 1280 g/mol. The molecule has 496 valence electrons. The average Bonchev–Trinajstić information content (AvgIpc) is 0.804. The molecule has 10 heteroatoms. The van der Waals surface area contributed by atoms with E-state index in [1.54, 1.807) is 0 Å². The predicted octanol–water partition coefficient (Wildman–Crippen LogP) is 24.2. The van der Waals surface area contributed by atoms with E-state index in [1.165, 1.54) is 49.8 Å². The van der Waals surface area contributed by atoms with Gasteiger partial charge in [0.1, 0.15) is 0 Å². The number of rotatable bonds is 20. The number of anilines is 8. The number of hydrogen-bond acceptors (Lipinski definition) is 8. The van der Waals surface area contributed by atoms with Crippen LogP contribution in [0.5, 0.6) is 0 Å². The molecule has 8 nitrogen and oxygen atoms in total. The summed E-state index contributed by atoms with van der Waals surface area (Å²) in [7, 11) is 3.99. The highest BCUT2D eigenvalue weighted by Gasteiger charge is 2.16. The molecule has 14 aromatic rings. The number of fused-ring (bicyclic) bond motifs is 2. The van der Waals surface area contributed by atoms with Gasteiger partial charge in [-0.05, 0) is 167 Å². The molecule has 0 radical (unpaired) electrons. The number of para-hydroxylation sites is 3. The Morgan fingerprint density at radius 1 is 0.347 bits per heavy atom. The molecule has 14 rings (SSSR count). The van der Waals surface area contributed by atoms with Crippen LogP contribution in [0.1, 0.15) is 44.5 Å². The third-order valence-corrected chi connectivity index (χ3v) is 17.6. The number of nitrogens with zero attached hydrogens (tertiary/aromatic N) is 8. The summed E-state index contributed by atoms with van der Waals surface area (Å²) in [6.07, 6.45) is 7.71. The lowest BCUT2D eigenvalue weighted by Crippen LogP contribution is -2.22. The van der Waals surface area contributed by atoms with E-state index < -0.39 is 0 Å². The van der Waals surface area contributed by atoms with Crippen molar-refractivity contribution < 1.29 is 0 Å². The zero-order valence-corrected chi connectivity index (χ0v) is 58.6. The van der Waals surface area contributed by atoms with E-state index in [0.29, 0.717) is 10.0 Å². The van der Waals surface area contributed by atoms with E-state index in [2.05, 4.69) is 274 Å². The van der Waals surface area contributed by atoms with Crippen LogP contribution in [0.3, 0.4) is 0 Å². The minimum Gasteiger partial charge on any atom is -0.378 e. The summed E-state index contributed by atoms with van der Waals surface area (Å²) < 4.78 is 0. The molecule has 0 atom stereocenters. The summed E-state index contributed by atoms with van der Waals surface area (Å²) in [6, 6.07) is 121. The Balaban J connectivity index is 0.000000146. The molecule has 0 spiro atoms. The number of benzene rings is 14. The molecule has 0 saturated heterocycles. The zero-order chi connectivity index (χ0) is 69.5. The smallest absolute Gasteiger partial charge is 0.0730 e. The van der Waals surface area contributed by atoms with Crippen LogP contribution in [0, 0.1) is 13.8 Å². The molecule has 0 aromatic heterocycles. The maximum Gasteiger partial charge on any atom is 0.0730 e. The molecule has 0 aliphatic heterocycles. The lowest BCUT2D eigenvalue weighted by Gasteiger charge is -2.25. The van der Waals surface area contributed by atoms with Gasteiger partial charge in [0.2, 0.25) is 0 Å². The van der Waals surface area contributed by atoms with Crippen LogP contribution in [0.4, 0.5) is 45.5 Å². The summed E-state index contributed by atoms with van der Waals surface area (Å²) in [6.45, 7) is 5.87. The fourth-order valence-corrected chi connectivity index (χ4v) is 12.0. The maximum atomic E-state index is 6.51. The highest BCUT2D eigenvalue weighted by Crippen LogP contribution is 2.36. The standard InChI is InChI=1S/C37H30ClN3.C29H26N2.C25H22ClN3/c38-33-20-24-35(25-21-33)41(37-17-9-15-32-14-7-8-16-36(32)37)39-26-29-18-22-34(23-19-29)40(27-30-10-3-1-4-11-30)28-31-12-5-2-6-13-31;1-23-13-17-25(18-14-23)29(26-19-15-24(2)16-20-26)21-22-30-31(27-9-5-3-6-10-27)28-11-7-4-8-12-28;1-28(2)22-16-15-20(24(26)17-22)18-27-29(21-11-4-3-5-12-21)25-14-8-10-19-9-6-7-13-23(19)25/h1-26H,27-28H2;3-22H,1-2H3;3-18H,1-2H3/b;30-22-;. The number of allylic oxidation sites excluding steroid dienone is 1. The molecule has 0 aliphatic rings. The first-order valence-corrected chi connectivity index (χ1v) is 34.5. The van der Waals surface area contributed by atoms with Crippen molar-refractivity contribution in [2.75, 3.05) is 38.9 Å². The summed E-state index contributed by atoms with van der Waals surface area (Å²) in [5, 5.41) is 26.5. The molecule has 0 N–H and O–H groups in total. The van der Waals surface area contributed by atoms with Gasteiger partial charge in [-0.3, -0.25) is 0 Å². The number of aryl methyl sites for hydroxylation is 2. The number of hydrazone groups is 3. The van der Waals surface area contributed by atoms with Gasteiger partial charge < -0.3 is 9.80 Å². The minimum absolute atomic E-state index is 0.672. The Bertz CT molecular complexity index is 4920. The first-order valence-electron chi connectivity index (χ1n) is 33.7. The minimum atomic E-state index is 0.672. The van der Waals surface area contributed by atoms with Crippen molar-refractivity contribution in [1.82, 2.24) is 0 Å². The van der Waals surface area contributed by atoms with Gasteiger partial charge in [0, 0.05) is 66.1 Å². The van der Waals surface area contributed by atoms with Crippen molar-refractivity contribution in [2.24, 2.45) is 15.3 Å². The van der Waals surface area contributed by atoms with E-state index in [4.69, 9.17) is 38.5 Å². The summed E-state index contributed by atoms with van der Waals surface area (Å²) in [5.41, 5.74) is 18.7. The van der Waals surface area contributed by atoms with Crippen LogP contribution in [-0.2, 0) is 13.1 Å². The maximum absolute atomic E-state index is 6.51. The molecular formula is C91H78Cl2N8. The first-order chi connectivity index (χ1) is 49.6. The second kappa shape index (κ2) is 34.4. The fourth-order valence-electron chi connectivity index (χ4n) is 11.7. The lowest BCUT2D eigenvalue weighted by atomic mass is 9.96. The quantitative estimate of drug-likeness (QED) is 0.0562. The normalized spacial score (nSPS) is 11.0. The predicted molar refractivity (Wildman–Crippen MR) is 433 cm³/mol. The number of hydrogen-bond donors (Lipinski definition) is 0. The topological polar surface area (TPSA) is 53.3 Å². The van der Waals surface area contributed by atoms with Crippen molar-refractivity contribution >= 4 is 114 Å². The molecule has 0 unspecified atom stereocenters. The summed E-state index contributed by atoms with van der Waals surface area (Å²) in [5.74, 6) is 0. The van der Waals surface area contributed by atoms with Gasteiger partial charge in [0.25, 0.3) is 0 Å². The van der Waals surface area contributed by atoms with Gasteiger partial charge in [-0.25, -0.2) is 15.0 Å². The van der Waals surface area contributed by atoms with Crippen molar-refractivity contribution in [3.8, 4) is 0 Å². The average molecular weight is 1350 g/mol. The van der Waals surface area contributed by atoms with Crippen LogP contribution >= 0.6 is 23.2 Å². The monoisotopic (exact) mass is 1350 g/mol. The molecule has 14 aromatic carbocycles. The second-order valence-corrected chi connectivity index (χ2v) is 25.3. The van der Waals surface area contributed by atoms with E-state index in [1.807, 2.05) is 156 Å². The van der Waals surface area contributed by atoms with Crippen LogP contribution in [0.25, 0.3) is 27.1 Å². The van der Waals surface area contributed by atoms with Crippen LogP contribution in [0.2, 0.25) is 10.0 Å². The van der Waals surface area contributed by atoms with Gasteiger partial charge in [0.15, 0.2) is 0 Å². The SMILES string of the molecule is CN(C)c1ccc(C=NN(c2ccccc2)c2cccc3ccccc23)c(Cl)c1.Cc1ccc(C(=C/C=N\N(c2ccccc2)c2ccccc2)c2ccc(C)cc2)cc1.Clc1ccc(N(N=Cc2ccc(N(Cc3ccccc3)Cc3ccccc3)cc2)c2cccc3ccccc23)cc1. The van der Waals surface area contributed by atoms with E-state index >= 15 is 0 Å². The third-order valence-electron chi connectivity index (χ3n) is 17.0. The molecule has 0 bridgehead atoms. The first kappa shape index (κ1) is 68.9. The molecule has 0 amide bonds. The highest BCUT2D eigenvalue weighted by atomic mass is 35.5. The van der Waals surface area contributed by atoms with E-state index in [9.17, 15) is 0 Å². The largest absolute Gasteiger partial charge is 0.378 e. The van der Waals surface area contributed by atoms with Crippen molar-refractivity contribution in [3.05, 3.63) is 412 Å². The Morgan fingerprint density at radius 3 is 1.21 bits per heavy atom. The third kappa shape index (κ3) is 18.6. The highest BCUT2D eigenvalue weighted by molar-refractivity contribution is 6.33.